The Bertz CT molecular complexity index is 535. The number of hydrogen-bond acceptors (Lipinski definition) is 3. The van der Waals surface area contributed by atoms with Crippen molar-refractivity contribution in [3.8, 4) is 5.75 Å². The van der Waals surface area contributed by atoms with Crippen molar-refractivity contribution < 1.29 is 9.53 Å². The van der Waals surface area contributed by atoms with Crippen molar-refractivity contribution in [3.05, 3.63) is 35.4 Å². The highest BCUT2D eigenvalue weighted by molar-refractivity contribution is 6.02. The lowest BCUT2D eigenvalue weighted by atomic mass is 9.93. The number of carbonyl (C=O) groups is 1. The zero-order chi connectivity index (χ0) is 13.4. The third kappa shape index (κ3) is 2.08. The summed E-state index contributed by atoms with van der Waals surface area (Å²) in [7, 11) is 3.79. The monoisotopic (exact) mass is 257 g/mol. The third-order valence-electron chi connectivity index (χ3n) is 4.39. The molecule has 0 N–H and O–H groups in total. The van der Waals surface area contributed by atoms with Crippen molar-refractivity contribution >= 4 is 11.9 Å². The number of hydrogen-bond donors (Lipinski definition) is 0. The Morgan fingerprint density at radius 3 is 2.89 bits per heavy atom. The normalized spacial score (nSPS) is 28.9. The lowest BCUT2D eigenvalue weighted by Gasteiger charge is -2.32. The summed E-state index contributed by atoms with van der Waals surface area (Å²) in [5.41, 5.74) is 1.94. The van der Waals surface area contributed by atoms with Crippen molar-refractivity contribution in [1.29, 1.82) is 0 Å². The van der Waals surface area contributed by atoms with E-state index in [0.717, 1.165) is 29.7 Å². The van der Waals surface area contributed by atoms with Gasteiger partial charge in [0.15, 0.2) is 5.78 Å². The highest BCUT2D eigenvalue weighted by atomic mass is 16.5. The Kier molecular flexibility index (Phi) is 3.15. The average Bonchev–Trinajstić information content (AvgIpc) is 2.68. The number of methoxy groups -OCH3 is 1. The predicted molar refractivity (Wildman–Crippen MR) is 75.2 cm³/mol. The summed E-state index contributed by atoms with van der Waals surface area (Å²) >= 11 is 0. The second kappa shape index (κ2) is 4.82. The fourth-order valence-corrected chi connectivity index (χ4v) is 3.28. The van der Waals surface area contributed by atoms with Gasteiger partial charge in [0.2, 0.25) is 0 Å². The average molecular weight is 257 g/mol. The Morgan fingerprint density at radius 2 is 2.11 bits per heavy atom. The molecule has 0 spiro atoms. The van der Waals surface area contributed by atoms with E-state index in [0.29, 0.717) is 18.2 Å². The molecule has 0 unspecified atom stereocenters. The van der Waals surface area contributed by atoms with Crippen molar-refractivity contribution in [3.63, 3.8) is 0 Å². The Hall–Kier alpha value is -1.61. The van der Waals surface area contributed by atoms with Crippen LogP contribution in [0.2, 0.25) is 0 Å². The molecule has 2 heterocycles. The van der Waals surface area contributed by atoms with Crippen molar-refractivity contribution in [1.82, 2.24) is 4.90 Å². The van der Waals surface area contributed by atoms with E-state index >= 15 is 0 Å². The molecule has 2 fully saturated rings. The third-order valence-corrected chi connectivity index (χ3v) is 4.39. The lowest BCUT2D eigenvalue weighted by molar-refractivity contribution is -0.118. The molecule has 0 radical (unpaired) electrons. The standard InChI is InChI=1S/C16H19NO2/c1-17-12-7-8-14(17)13(15(18)10-12)9-11-5-3-4-6-16(11)19-2/h3-6,9,12,14H,7-8,10H2,1-2H3/b13-9+/t12-,14+/m0/s1. The topological polar surface area (TPSA) is 29.5 Å². The van der Waals surface area contributed by atoms with Gasteiger partial charge in [-0.15, -0.1) is 0 Å². The molecule has 2 aliphatic rings. The Balaban J connectivity index is 2.00. The number of ether oxygens (including phenoxy) is 1. The maximum Gasteiger partial charge on any atom is 0.162 e. The summed E-state index contributed by atoms with van der Waals surface area (Å²) in [6, 6.07) is 8.59. The molecular formula is C16H19NO2. The van der Waals surface area contributed by atoms with E-state index in [2.05, 4.69) is 11.9 Å². The van der Waals surface area contributed by atoms with E-state index in [9.17, 15) is 4.79 Å². The highest BCUT2D eigenvalue weighted by Crippen LogP contribution is 2.37. The zero-order valence-corrected chi connectivity index (χ0v) is 11.4. The summed E-state index contributed by atoms with van der Waals surface area (Å²) in [4.78, 5) is 14.6. The molecule has 2 atom stereocenters. The number of likely N-dealkylation sites (N-methyl/N-ethyl adjacent to an activating group) is 1. The van der Waals surface area contributed by atoms with Gasteiger partial charge >= 0.3 is 0 Å². The number of rotatable bonds is 2. The number of para-hydroxylation sites is 1. The van der Waals surface area contributed by atoms with E-state index in [1.807, 2.05) is 30.3 Å². The SMILES string of the molecule is COc1ccccc1/C=C1/C(=O)C[C@@H]2CC[C@H]1N2C. The molecule has 3 rings (SSSR count). The first-order valence-corrected chi connectivity index (χ1v) is 6.80. The smallest absolute Gasteiger partial charge is 0.162 e. The van der Waals surface area contributed by atoms with E-state index in [1.54, 1.807) is 7.11 Å². The Morgan fingerprint density at radius 1 is 1.32 bits per heavy atom. The quantitative estimate of drug-likeness (QED) is 0.762. The Labute approximate surface area is 113 Å². The number of nitrogens with zero attached hydrogens (tertiary/aromatic N) is 1. The van der Waals surface area contributed by atoms with Crippen LogP contribution in [-0.2, 0) is 4.79 Å². The van der Waals surface area contributed by atoms with Crippen molar-refractivity contribution in [2.24, 2.45) is 0 Å². The molecule has 3 heteroatoms. The minimum atomic E-state index is 0.288. The number of fused-ring (bicyclic) bond motifs is 2. The number of ketones is 1. The van der Waals surface area contributed by atoms with Crippen LogP contribution < -0.4 is 4.74 Å². The van der Waals surface area contributed by atoms with Gasteiger partial charge in [-0.05, 0) is 32.0 Å². The second-order valence-electron chi connectivity index (χ2n) is 5.38. The molecule has 19 heavy (non-hydrogen) atoms. The van der Waals surface area contributed by atoms with Gasteiger partial charge in [-0.2, -0.15) is 0 Å². The molecule has 1 aromatic carbocycles. The first kappa shape index (κ1) is 12.4. The first-order valence-electron chi connectivity index (χ1n) is 6.80. The zero-order valence-electron chi connectivity index (χ0n) is 11.4. The minimum absolute atomic E-state index is 0.288. The van der Waals surface area contributed by atoms with Gasteiger partial charge in [0.1, 0.15) is 5.75 Å². The van der Waals surface area contributed by atoms with Crippen LogP contribution in [0.1, 0.15) is 24.8 Å². The maximum atomic E-state index is 12.3. The number of benzene rings is 1. The predicted octanol–water partition coefficient (Wildman–Crippen LogP) is 2.51. The summed E-state index contributed by atoms with van der Waals surface area (Å²) in [6.07, 6.45) is 4.90. The van der Waals surface area contributed by atoms with Gasteiger partial charge in [-0.25, -0.2) is 0 Å². The van der Waals surface area contributed by atoms with Gasteiger partial charge in [-0.1, -0.05) is 18.2 Å². The molecule has 0 aromatic heterocycles. The first-order chi connectivity index (χ1) is 9.20. The number of piperidine rings is 1. The molecule has 0 amide bonds. The maximum absolute atomic E-state index is 12.3. The van der Waals surface area contributed by atoms with Gasteiger partial charge in [0.25, 0.3) is 0 Å². The highest BCUT2D eigenvalue weighted by Gasteiger charge is 2.41. The molecule has 0 saturated carbocycles. The molecular weight excluding hydrogens is 238 g/mol. The number of carbonyl (C=O) groups excluding carboxylic acids is 1. The molecule has 2 bridgehead atoms. The van der Waals surface area contributed by atoms with Gasteiger partial charge in [0, 0.05) is 29.6 Å². The van der Waals surface area contributed by atoms with Crippen LogP contribution in [0, 0.1) is 0 Å². The van der Waals surface area contributed by atoms with Crippen LogP contribution in [0.4, 0.5) is 0 Å². The largest absolute Gasteiger partial charge is 0.496 e. The molecule has 2 aliphatic heterocycles. The minimum Gasteiger partial charge on any atom is -0.496 e. The summed E-state index contributed by atoms with van der Waals surface area (Å²) in [6.45, 7) is 0. The van der Waals surface area contributed by atoms with E-state index in [-0.39, 0.29) is 6.04 Å². The fraction of sp³-hybridized carbons (Fsp3) is 0.438. The van der Waals surface area contributed by atoms with Crippen LogP contribution >= 0.6 is 0 Å². The molecule has 0 aliphatic carbocycles. The molecule has 1 aromatic rings. The second-order valence-corrected chi connectivity index (χ2v) is 5.38. The summed E-state index contributed by atoms with van der Waals surface area (Å²) in [5, 5.41) is 0. The lowest BCUT2D eigenvalue weighted by Crippen LogP contribution is -2.41. The van der Waals surface area contributed by atoms with Crippen LogP contribution in [0.15, 0.2) is 29.8 Å². The van der Waals surface area contributed by atoms with Crippen molar-refractivity contribution in [2.75, 3.05) is 14.2 Å². The van der Waals surface area contributed by atoms with Gasteiger partial charge < -0.3 is 4.74 Å². The molecule has 100 valence electrons. The van der Waals surface area contributed by atoms with Crippen LogP contribution in [-0.4, -0.2) is 36.9 Å². The summed E-state index contributed by atoms with van der Waals surface area (Å²) < 4.78 is 5.36. The van der Waals surface area contributed by atoms with Crippen molar-refractivity contribution in [2.45, 2.75) is 31.3 Å². The fourth-order valence-electron chi connectivity index (χ4n) is 3.28. The van der Waals surface area contributed by atoms with E-state index < -0.39 is 0 Å². The summed E-state index contributed by atoms with van der Waals surface area (Å²) in [5.74, 6) is 1.13. The van der Waals surface area contributed by atoms with Gasteiger partial charge in [-0.3, -0.25) is 9.69 Å². The van der Waals surface area contributed by atoms with E-state index in [1.165, 1.54) is 0 Å². The van der Waals surface area contributed by atoms with Crippen LogP contribution in [0.25, 0.3) is 6.08 Å². The molecule has 2 saturated heterocycles. The van der Waals surface area contributed by atoms with E-state index in [4.69, 9.17) is 4.74 Å². The van der Waals surface area contributed by atoms with Crippen LogP contribution in [0.5, 0.6) is 5.75 Å². The van der Waals surface area contributed by atoms with Gasteiger partial charge in [0.05, 0.1) is 7.11 Å². The van der Waals surface area contributed by atoms with Crippen LogP contribution in [0.3, 0.4) is 0 Å². The number of Topliss-reactive ketones (excluding diaryl/α,β-unsaturated/α-hetero) is 1. The molecule has 3 nitrogen and oxygen atoms in total.